The molecule has 0 aliphatic carbocycles. The van der Waals surface area contributed by atoms with Crippen molar-refractivity contribution in [2.24, 2.45) is 0 Å². The smallest absolute Gasteiger partial charge is 0.421 e. The molecule has 36 heavy (non-hydrogen) atoms. The normalized spacial score (nSPS) is 17.4. The van der Waals surface area contributed by atoms with Gasteiger partial charge in [-0.2, -0.15) is 26.3 Å². The molecule has 0 aromatic rings. The highest BCUT2D eigenvalue weighted by Crippen LogP contribution is 2.36. The molecule has 0 aromatic heterocycles. The first-order chi connectivity index (χ1) is 16.3. The Morgan fingerprint density at radius 2 is 1.06 bits per heavy atom. The summed E-state index contributed by atoms with van der Waals surface area (Å²) in [6, 6.07) is 0. The highest BCUT2D eigenvalue weighted by Gasteiger charge is 2.50. The van der Waals surface area contributed by atoms with E-state index >= 15 is 0 Å². The van der Waals surface area contributed by atoms with Crippen molar-refractivity contribution in [2.45, 2.75) is 70.3 Å². The lowest BCUT2D eigenvalue weighted by Crippen LogP contribution is -2.63. The minimum atomic E-state index is -6.72. The molecule has 0 saturated carbocycles. The van der Waals surface area contributed by atoms with E-state index in [0.717, 1.165) is 53.9 Å². The summed E-state index contributed by atoms with van der Waals surface area (Å²) in [6.45, 7) is 11.2. The van der Waals surface area contributed by atoms with Crippen molar-refractivity contribution in [2.75, 3.05) is 46.1 Å². The Morgan fingerprint density at radius 1 is 0.722 bits per heavy atom. The molecule has 1 aliphatic heterocycles. The van der Waals surface area contributed by atoms with Gasteiger partial charge in [0.25, 0.3) is 0 Å². The van der Waals surface area contributed by atoms with E-state index in [1.54, 1.807) is 0 Å². The van der Waals surface area contributed by atoms with Gasteiger partial charge in [0.15, 0.2) is 20.0 Å². The number of rotatable bonds is 13. The van der Waals surface area contributed by atoms with Gasteiger partial charge in [0, 0.05) is 19.8 Å². The number of hydrogen-bond acceptors (Lipinski definition) is 7. The van der Waals surface area contributed by atoms with Crippen LogP contribution in [0.5, 0.6) is 0 Å². The van der Waals surface area contributed by atoms with Gasteiger partial charge in [-0.25, -0.2) is 16.8 Å². The highest BCUT2D eigenvalue weighted by atomic mass is 32.3. The third kappa shape index (κ3) is 11.9. The second-order valence-electron chi connectivity index (χ2n) is 8.43. The van der Waals surface area contributed by atoms with Crippen molar-refractivity contribution in [3.8, 4) is 0 Å². The summed E-state index contributed by atoms with van der Waals surface area (Å²) in [5, 5.41) is 0. The van der Waals surface area contributed by atoms with Gasteiger partial charge < -0.3 is 21.9 Å². The summed E-state index contributed by atoms with van der Waals surface area (Å²) < 4.78 is 129. The Balaban J connectivity index is 0.000000723. The molecule has 1 saturated heterocycles. The monoisotopic (exact) mass is 598 g/mol. The number of halogens is 6. The molecule has 9 nitrogen and oxygen atoms in total. The summed E-state index contributed by atoms with van der Waals surface area (Å²) in [5.41, 5.74) is -12.4. The van der Waals surface area contributed by atoms with Gasteiger partial charge in [-0.05, 0) is 38.5 Å². The van der Waals surface area contributed by atoms with Gasteiger partial charge in [-0.3, -0.25) is 0 Å². The minimum absolute atomic E-state index is 0.750. The summed E-state index contributed by atoms with van der Waals surface area (Å²) >= 11 is 0. The number of quaternary nitrogens is 1. The Bertz CT molecular complexity index is 785. The van der Waals surface area contributed by atoms with Gasteiger partial charge in [0.05, 0.1) is 20.1 Å². The third-order valence-corrected chi connectivity index (χ3v) is 10.7. The number of hydrogen-bond donors (Lipinski definition) is 0. The lowest BCUT2D eigenvalue weighted by atomic mass is 10.1. The van der Waals surface area contributed by atoms with E-state index in [1.807, 2.05) is 0 Å². The van der Waals surface area contributed by atoms with Crippen molar-refractivity contribution in [3.05, 3.63) is 4.13 Å². The van der Waals surface area contributed by atoms with E-state index in [-0.39, 0.29) is 0 Å². The van der Waals surface area contributed by atoms with Crippen LogP contribution in [0.4, 0.5) is 26.3 Å². The van der Waals surface area contributed by atoms with Crippen LogP contribution in [0.2, 0.25) is 0 Å². The minimum Gasteiger partial charge on any atom is -0.421 e. The van der Waals surface area contributed by atoms with Crippen molar-refractivity contribution in [1.29, 1.82) is 0 Å². The Kier molecular flexibility index (Phi) is 14.4. The van der Waals surface area contributed by atoms with E-state index in [0.29, 0.717) is 0 Å². The zero-order chi connectivity index (χ0) is 28.3. The van der Waals surface area contributed by atoms with Crippen LogP contribution < -0.4 is 0 Å². The fourth-order valence-electron chi connectivity index (χ4n) is 3.15. The summed E-state index contributed by atoms with van der Waals surface area (Å²) in [5.74, 6) is 0. The van der Waals surface area contributed by atoms with Crippen LogP contribution in [0.3, 0.4) is 0 Å². The maximum Gasteiger partial charge on any atom is 0.559 e. The first kappa shape index (κ1) is 35.5. The van der Waals surface area contributed by atoms with E-state index < -0.39 is 39.9 Å². The quantitative estimate of drug-likeness (QED) is 0.175. The van der Waals surface area contributed by atoms with E-state index in [4.69, 9.17) is 13.3 Å². The predicted octanol–water partition coefficient (Wildman–Crippen LogP) is 4.43. The fraction of sp³-hybridized carbons (Fsp3) is 1.00. The molecule has 18 heteroatoms. The van der Waals surface area contributed by atoms with E-state index in [2.05, 4.69) is 27.8 Å². The van der Waals surface area contributed by atoms with Crippen LogP contribution >= 0.6 is 0 Å². The summed E-state index contributed by atoms with van der Waals surface area (Å²) in [7, 11) is -13.6. The Morgan fingerprint density at radius 3 is 1.33 bits per heavy atom. The maximum atomic E-state index is 11.4. The number of sulfonamides is 2. The van der Waals surface area contributed by atoms with E-state index in [9.17, 15) is 43.2 Å². The van der Waals surface area contributed by atoms with Crippen LogP contribution in [0.25, 0.3) is 4.13 Å². The first-order valence-electron chi connectivity index (χ1n) is 11.4. The largest absolute Gasteiger partial charge is 0.559 e. The SMILES string of the molecule is CCCO[Si](C[N+]1(C)CCCCC1)(OCCC)OCCC.O=S(=O)([N-]S(=O)(=O)C(F)(F)F)C(F)(F)F. The molecule has 0 N–H and O–H groups in total. The van der Waals surface area contributed by atoms with Gasteiger partial charge >= 0.3 is 19.8 Å². The fourth-order valence-corrected chi connectivity index (χ4v) is 8.18. The van der Waals surface area contributed by atoms with Gasteiger partial charge in [-0.15, -0.1) is 0 Å². The van der Waals surface area contributed by atoms with Crippen LogP contribution in [0, 0.1) is 0 Å². The van der Waals surface area contributed by atoms with Crippen LogP contribution in [-0.4, -0.2) is 87.3 Å². The topological polar surface area (TPSA) is 110 Å². The number of likely N-dealkylation sites (tertiary alicyclic amines) is 1. The molecular formula is C18H36F6N2O7S2Si. The molecular weight excluding hydrogens is 562 g/mol. The van der Waals surface area contributed by atoms with Crippen molar-refractivity contribution in [1.82, 2.24) is 0 Å². The lowest BCUT2D eigenvalue weighted by molar-refractivity contribution is -0.906. The standard InChI is InChI=1S/C16H36NO3Si.C2F6NO4S2/c1-5-13-18-21(19-14-6-2,20-15-7-3)16-17(4)11-9-8-10-12-17;3-1(4,5)14(10,11)9-15(12,13)2(6,7)8/h5-16H2,1-4H3;/q+1;-1. The lowest BCUT2D eigenvalue weighted by Gasteiger charge is -2.42. The zero-order valence-electron chi connectivity index (χ0n) is 20.8. The molecule has 0 atom stereocenters. The van der Waals surface area contributed by atoms with E-state index in [1.165, 1.54) is 32.4 Å². The second-order valence-corrected chi connectivity index (χ2v) is 14.4. The molecule has 0 radical (unpaired) electrons. The van der Waals surface area contributed by atoms with Crippen LogP contribution in [0.15, 0.2) is 0 Å². The molecule has 0 unspecified atom stereocenters. The Hall–Kier alpha value is -0.503. The second kappa shape index (κ2) is 14.6. The third-order valence-electron chi connectivity index (χ3n) is 4.83. The van der Waals surface area contributed by atoms with Crippen LogP contribution in [-0.2, 0) is 33.3 Å². The average Bonchev–Trinajstić information content (AvgIpc) is 2.73. The van der Waals surface area contributed by atoms with Crippen LogP contribution in [0.1, 0.15) is 59.3 Å². The molecule has 0 spiro atoms. The summed E-state index contributed by atoms with van der Waals surface area (Å²) in [6.07, 6.45) is 7.99. The number of alkyl halides is 6. The number of piperidine rings is 1. The van der Waals surface area contributed by atoms with Crippen molar-refractivity contribution >= 4 is 28.9 Å². The zero-order valence-corrected chi connectivity index (χ0v) is 23.5. The van der Waals surface area contributed by atoms with Crippen molar-refractivity contribution < 1.29 is 60.9 Å². The molecule has 0 bridgehead atoms. The molecule has 1 aliphatic rings. The molecule has 218 valence electrons. The maximum absolute atomic E-state index is 11.4. The molecule has 1 heterocycles. The molecule has 0 aromatic carbocycles. The average molecular weight is 599 g/mol. The Labute approximate surface area is 210 Å². The highest BCUT2D eigenvalue weighted by molar-refractivity contribution is 8.13. The van der Waals surface area contributed by atoms with Crippen molar-refractivity contribution in [3.63, 3.8) is 0 Å². The number of nitrogens with zero attached hydrogens (tertiary/aromatic N) is 2. The van der Waals surface area contributed by atoms with Gasteiger partial charge in [0.1, 0.15) is 6.17 Å². The van der Waals surface area contributed by atoms with Gasteiger partial charge in [-0.1, -0.05) is 20.8 Å². The molecule has 0 amide bonds. The first-order valence-corrected chi connectivity index (χ1v) is 16.2. The summed E-state index contributed by atoms with van der Waals surface area (Å²) in [4.78, 5) is 0. The molecule has 1 rings (SSSR count). The van der Waals surface area contributed by atoms with Gasteiger partial charge in [0.2, 0.25) is 0 Å². The predicted molar refractivity (Wildman–Crippen MR) is 122 cm³/mol. The molecule has 1 fully saturated rings.